The zero-order chi connectivity index (χ0) is 12.5. The van der Waals surface area contributed by atoms with Crippen molar-refractivity contribution in [2.24, 2.45) is 5.92 Å². The number of carbonyl (C=O) groups is 2. The largest absolute Gasteiger partial charge is 0.481 e. The minimum Gasteiger partial charge on any atom is -0.481 e. The average Bonchev–Trinajstić information content (AvgIpc) is 2.68. The van der Waals surface area contributed by atoms with E-state index in [9.17, 15) is 9.59 Å². The smallest absolute Gasteiger partial charge is 0.308 e. The van der Waals surface area contributed by atoms with Crippen LogP contribution in [-0.2, 0) is 14.3 Å². The molecule has 0 spiro atoms. The second kappa shape index (κ2) is 4.64. The Morgan fingerprint density at radius 2 is 2.41 bits per heavy atom. The first-order valence-electron chi connectivity index (χ1n) is 6.15. The summed E-state index contributed by atoms with van der Waals surface area (Å²) in [6, 6.07) is 0. The molecule has 5 heteroatoms. The zero-order valence-corrected chi connectivity index (χ0v) is 10.1. The van der Waals surface area contributed by atoms with Crippen molar-refractivity contribution in [2.75, 3.05) is 19.7 Å². The van der Waals surface area contributed by atoms with E-state index >= 15 is 0 Å². The lowest BCUT2D eigenvalue weighted by molar-refractivity contribution is -0.149. The summed E-state index contributed by atoms with van der Waals surface area (Å²) >= 11 is 0. The number of aliphatic carboxylic acids is 1. The molecule has 96 valence electrons. The van der Waals surface area contributed by atoms with Gasteiger partial charge >= 0.3 is 5.97 Å². The number of piperidine rings is 1. The van der Waals surface area contributed by atoms with Gasteiger partial charge in [0.15, 0.2) is 0 Å². The van der Waals surface area contributed by atoms with E-state index in [1.54, 1.807) is 4.90 Å². The van der Waals surface area contributed by atoms with Crippen molar-refractivity contribution in [1.29, 1.82) is 0 Å². The first kappa shape index (κ1) is 12.4. The Kier molecular flexibility index (Phi) is 3.38. The fourth-order valence-corrected chi connectivity index (χ4v) is 2.63. The SMILES string of the molecule is CC1(CN2CC(C(=O)O)CCC2=O)CCCO1. The average molecular weight is 241 g/mol. The Balaban J connectivity index is 1.98. The standard InChI is InChI=1S/C12H19NO4/c1-12(5-2-6-17-12)8-13-7-9(11(15)16)3-4-10(13)14/h9H,2-8H2,1H3,(H,15,16). The van der Waals surface area contributed by atoms with Gasteiger partial charge in [-0.25, -0.2) is 0 Å². The summed E-state index contributed by atoms with van der Waals surface area (Å²) in [4.78, 5) is 24.4. The minimum absolute atomic E-state index is 0.0548. The van der Waals surface area contributed by atoms with Crippen LogP contribution in [0.25, 0.3) is 0 Å². The van der Waals surface area contributed by atoms with Gasteiger partial charge in [-0.15, -0.1) is 0 Å². The number of hydrogen-bond acceptors (Lipinski definition) is 3. The van der Waals surface area contributed by atoms with Crippen molar-refractivity contribution in [3.05, 3.63) is 0 Å². The summed E-state index contributed by atoms with van der Waals surface area (Å²) in [7, 11) is 0. The van der Waals surface area contributed by atoms with Crippen LogP contribution in [0.1, 0.15) is 32.6 Å². The van der Waals surface area contributed by atoms with Crippen molar-refractivity contribution in [1.82, 2.24) is 4.90 Å². The van der Waals surface area contributed by atoms with E-state index < -0.39 is 11.9 Å². The molecule has 0 aromatic rings. The molecule has 5 nitrogen and oxygen atoms in total. The fourth-order valence-electron chi connectivity index (χ4n) is 2.63. The third kappa shape index (κ3) is 2.77. The predicted octanol–water partition coefficient (Wildman–Crippen LogP) is 0.879. The van der Waals surface area contributed by atoms with E-state index in [1.165, 1.54) is 0 Å². The van der Waals surface area contributed by atoms with E-state index in [0.29, 0.717) is 25.9 Å². The van der Waals surface area contributed by atoms with Crippen LogP contribution in [0.2, 0.25) is 0 Å². The molecule has 2 heterocycles. The van der Waals surface area contributed by atoms with E-state index in [2.05, 4.69) is 0 Å². The van der Waals surface area contributed by atoms with Gasteiger partial charge in [-0.2, -0.15) is 0 Å². The zero-order valence-electron chi connectivity index (χ0n) is 10.1. The van der Waals surface area contributed by atoms with Gasteiger partial charge in [0.2, 0.25) is 5.91 Å². The van der Waals surface area contributed by atoms with Crippen molar-refractivity contribution >= 4 is 11.9 Å². The number of ether oxygens (including phenoxy) is 1. The number of carbonyl (C=O) groups excluding carboxylic acids is 1. The molecule has 1 amide bonds. The van der Waals surface area contributed by atoms with Gasteiger partial charge in [-0.3, -0.25) is 9.59 Å². The Bertz CT molecular complexity index is 322. The predicted molar refractivity (Wildman–Crippen MR) is 60.5 cm³/mol. The van der Waals surface area contributed by atoms with Crippen molar-refractivity contribution in [3.8, 4) is 0 Å². The van der Waals surface area contributed by atoms with Gasteiger partial charge in [-0.1, -0.05) is 0 Å². The number of nitrogens with zero attached hydrogens (tertiary/aromatic N) is 1. The Morgan fingerprint density at radius 3 is 3.00 bits per heavy atom. The quantitative estimate of drug-likeness (QED) is 0.796. The Hall–Kier alpha value is -1.10. The normalized spacial score (nSPS) is 34.1. The molecule has 2 atom stereocenters. The molecule has 1 N–H and O–H groups in total. The molecule has 0 radical (unpaired) electrons. The number of carboxylic acid groups (broad SMARTS) is 1. The van der Waals surface area contributed by atoms with Crippen LogP contribution in [-0.4, -0.2) is 47.2 Å². The lowest BCUT2D eigenvalue weighted by Gasteiger charge is -2.36. The third-order valence-electron chi connectivity index (χ3n) is 3.68. The van der Waals surface area contributed by atoms with Crippen LogP contribution in [0.3, 0.4) is 0 Å². The summed E-state index contributed by atoms with van der Waals surface area (Å²) in [5.41, 5.74) is -0.282. The molecule has 2 aliphatic heterocycles. The van der Waals surface area contributed by atoms with Gasteiger partial charge in [0, 0.05) is 26.1 Å². The highest BCUT2D eigenvalue weighted by atomic mass is 16.5. The maximum Gasteiger partial charge on any atom is 0.308 e. The summed E-state index contributed by atoms with van der Waals surface area (Å²) in [6.07, 6.45) is 2.75. The highest BCUT2D eigenvalue weighted by Gasteiger charge is 2.37. The number of hydrogen-bond donors (Lipinski definition) is 1. The number of carboxylic acids is 1. The first-order chi connectivity index (χ1) is 8.00. The van der Waals surface area contributed by atoms with Gasteiger partial charge < -0.3 is 14.7 Å². The highest BCUT2D eigenvalue weighted by molar-refractivity contribution is 5.80. The molecule has 2 saturated heterocycles. The highest BCUT2D eigenvalue weighted by Crippen LogP contribution is 2.28. The van der Waals surface area contributed by atoms with Gasteiger partial charge in [0.1, 0.15) is 0 Å². The van der Waals surface area contributed by atoms with Crippen LogP contribution in [0, 0.1) is 5.92 Å². The van der Waals surface area contributed by atoms with Crippen LogP contribution < -0.4 is 0 Å². The second-order valence-electron chi connectivity index (χ2n) is 5.25. The minimum atomic E-state index is -0.806. The maximum absolute atomic E-state index is 11.8. The molecule has 2 unspecified atom stereocenters. The molecule has 17 heavy (non-hydrogen) atoms. The van der Waals surface area contributed by atoms with Crippen LogP contribution in [0.4, 0.5) is 0 Å². The third-order valence-corrected chi connectivity index (χ3v) is 3.68. The van der Waals surface area contributed by atoms with E-state index in [4.69, 9.17) is 9.84 Å². The maximum atomic E-state index is 11.8. The molecule has 0 aliphatic carbocycles. The van der Waals surface area contributed by atoms with Gasteiger partial charge in [-0.05, 0) is 26.2 Å². The van der Waals surface area contributed by atoms with Crippen molar-refractivity contribution < 1.29 is 19.4 Å². The molecule has 0 bridgehead atoms. The van der Waals surface area contributed by atoms with Gasteiger partial charge in [0.05, 0.1) is 11.5 Å². The van der Waals surface area contributed by atoms with Crippen molar-refractivity contribution in [3.63, 3.8) is 0 Å². The topological polar surface area (TPSA) is 66.8 Å². The summed E-state index contributed by atoms with van der Waals surface area (Å²) in [5, 5.41) is 9.00. The van der Waals surface area contributed by atoms with Crippen molar-refractivity contribution in [2.45, 2.75) is 38.2 Å². The van der Waals surface area contributed by atoms with E-state index in [-0.39, 0.29) is 11.5 Å². The number of amides is 1. The van der Waals surface area contributed by atoms with Gasteiger partial charge in [0.25, 0.3) is 0 Å². The second-order valence-corrected chi connectivity index (χ2v) is 5.25. The van der Waals surface area contributed by atoms with Crippen LogP contribution >= 0.6 is 0 Å². The molecule has 0 aromatic carbocycles. The summed E-state index contributed by atoms with van der Waals surface area (Å²) in [6.45, 7) is 3.58. The number of likely N-dealkylation sites (tertiary alicyclic amines) is 1. The van der Waals surface area contributed by atoms with Crippen LogP contribution in [0.15, 0.2) is 0 Å². The number of rotatable bonds is 3. The molecule has 2 fully saturated rings. The molecular weight excluding hydrogens is 222 g/mol. The molecule has 2 rings (SSSR count). The van der Waals surface area contributed by atoms with E-state index in [1.807, 2.05) is 6.92 Å². The van der Waals surface area contributed by atoms with Crippen LogP contribution in [0.5, 0.6) is 0 Å². The fraction of sp³-hybridized carbons (Fsp3) is 0.833. The summed E-state index contributed by atoms with van der Waals surface area (Å²) < 4.78 is 5.65. The monoisotopic (exact) mass is 241 g/mol. The molecule has 0 aromatic heterocycles. The molecule has 2 aliphatic rings. The van der Waals surface area contributed by atoms with E-state index in [0.717, 1.165) is 19.4 Å². The first-order valence-corrected chi connectivity index (χ1v) is 6.15. The molecule has 0 saturated carbocycles. The Labute approximate surface area is 101 Å². The summed E-state index contributed by atoms with van der Waals surface area (Å²) in [5.74, 6) is -1.17. The lowest BCUT2D eigenvalue weighted by Crippen LogP contribution is -2.49. The lowest BCUT2D eigenvalue weighted by atomic mass is 9.95. The Morgan fingerprint density at radius 1 is 1.65 bits per heavy atom. The molecular formula is C12H19NO4.